The Morgan fingerprint density at radius 1 is 0.958 bits per heavy atom. The third-order valence-corrected chi connectivity index (χ3v) is 4.44. The van der Waals surface area contributed by atoms with E-state index in [9.17, 15) is 0 Å². The summed E-state index contributed by atoms with van der Waals surface area (Å²) in [5, 5.41) is 0. The molecule has 0 amide bonds. The van der Waals surface area contributed by atoms with Crippen molar-refractivity contribution in [1.29, 1.82) is 0 Å². The zero-order valence-corrected chi connectivity index (χ0v) is 14.9. The molecular weight excluding hydrogens is 292 g/mol. The van der Waals surface area contributed by atoms with Crippen molar-refractivity contribution in [3.63, 3.8) is 0 Å². The van der Waals surface area contributed by atoms with E-state index >= 15 is 0 Å². The van der Waals surface area contributed by atoms with Gasteiger partial charge in [-0.2, -0.15) is 0 Å². The van der Waals surface area contributed by atoms with Crippen LogP contribution >= 0.6 is 0 Å². The van der Waals surface area contributed by atoms with E-state index in [-0.39, 0.29) is 0 Å². The van der Waals surface area contributed by atoms with Crippen LogP contribution in [0.4, 0.5) is 5.69 Å². The van der Waals surface area contributed by atoms with Crippen molar-refractivity contribution in [2.45, 2.75) is 34.1 Å². The molecule has 1 heterocycles. The van der Waals surface area contributed by atoms with Gasteiger partial charge in [0.2, 0.25) is 0 Å². The summed E-state index contributed by atoms with van der Waals surface area (Å²) in [6, 6.07) is 19.1. The monoisotopic (exact) mass is 316 g/mol. The number of para-hydroxylation sites is 1. The van der Waals surface area contributed by atoms with Gasteiger partial charge in [-0.05, 0) is 62.6 Å². The molecule has 1 aromatic heterocycles. The van der Waals surface area contributed by atoms with Crippen LogP contribution in [-0.2, 0) is 6.42 Å². The van der Waals surface area contributed by atoms with Crippen LogP contribution in [0.15, 0.2) is 59.6 Å². The smallest absolute Gasteiger partial charge is 0.0632 e. The molecule has 0 aliphatic heterocycles. The Balaban J connectivity index is 2.01. The number of hydrogen-bond acceptors (Lipinski definition) is 1. The molecule has 122 valence electrons. The van der Waals surface area contributed by atoms with Gasteiger partial charge in [-0.25, -0.2) is 0 Å². The fraction of sp³-hybridized carbons (Fsp3) is 0.227. The Morgan fingerprint density at radius 3 is 2.50 bits per heavy atom. The van der Waals surface area contributed by atoms with E-state index in [1.165, 1.54) is 33.8 Å². The zero-order chi connectivity index (χ0) is 17.1. The molecule has 0 aliphatic rings. The number of hydrogen-bond donors (Lipinski definition) is 0. The lowest BCUT2D eigenvalue weighted by atomic mass is 10.1. The minimum absolute atomic E-state index is 0.994. The lowest BCUT2D eigenvalue weighted by Gasteiger charge is -2.13. The molecule has 0 spiro atoms. The number of aliphatic imine (C=N–C) groups is 1. The Morgan fingerprint density at radius 2 is 1.75 bits per heavy atom. The highest BCUT2D eigenvalue weighted by Gasteiger charge is 2.11. The molecular formula is C22H24N2. The Hall–Kier alpha value is -2.61. The zero-order valence-electron chi connectivity index (χ0n) is 14.9. The second kappa shape index (κ2) is 6.88. The van der Waals surface area contributed by atoms with E-state index in [1.54, 1.807) is 0 Å². The molecule has 2 heteroatoms. The third kappa shape index (κ3) is 3.18. The Kier molecular flexibility index (Phi) is 4.66. The van der Waals surface area contributed by atoms with Crippen molar-refractivity contribution >= 4 is 11.9 Å². The molecule has 24 heavy (non-hydrogen) atoms. The Bertz CT molecular complexity index is 885. The molecule has 0 atom stereocenters. The lowest BCUT2D eigenvalue weighted by Crippen LogP contribution is -2.03. The van der Waals surface area contributed by atoms with E-state index in [0.29, 0.717) is 0 Å². The van der Waals surface area contributed by atoms with Crippen molar-refractivity contribution in [2.75, 3.05) is 0 Å². The van der Waals surface area contributed by atoms with Crippen LogP contribution in [0.3, 0.4) is 0 Å². The van der Waals surface area contributed by atoms with E-state index < -0.39 is 0 Å². The summed E-state index contributed by atoms with van der Waals surface area (Å²) in [7, 11) is 0. The van der Waals surface area contributed by atoms with Crippen LogP contribution < -0.4 is 0 Å². The van der Waals surface area contributed by atoms with Gasteiger partial charge in [-0.1, -0.05) is 37.3 Å². The maximum atomic E-state index is 4.65. The molecule has 2 aromatic carbocycles. The first kappa shape index (κ1) is 16.3. The number of aryl methyl sites for hydroxylation is 3. The van der Waals surface area contributed by atoms with Gasteiger partial charge in [0.25, 0.3) is 0 Å². The van der Waals surface area contributed by atoms with Gasteiger partial charge in [-0.3, -0.25) is 4.99 Å². The molecule has 0 saturated carbocycles. The minimum atomic E-state index is 0.994. The maximum absolute atomic E-state index is 4.65. The Labute approximate surface area is 144 Å². The van der Waals surface area contributed by atoms with Gasteiger partial charge in [0.15, 0.2) is 0 Å². The standard InChI is InChI=1S/C22H24N2/c1-5-19-10-6-7-12-22(19)24-17(3)14-20(18(24)4)15-23-21-11-8-9-16(2)13-21/h6-15H,5H2,1-4H3. The van der Waals surface area contributed by atoms with Crippen LogP contribution in [0.5, 0.6) is 0 Å². The highest BCUT2D eigenvalue weighted by molar-refractivity contribution is 5.84. The normalized spacial score (nSPS) is 11.3. The van der Waals surface area contributed by atoms with Gasteiger partial charge < -0.3 is 4.57 Å². The molecule has 0 aliphatic carbocycles. The van der Waals surface area contributed by atoms with Crippen LogP contribution in [0.2, 0.25) is 0 Å². The average Bonchev–Trinajstić information content (AvgIpc) is 2.87. The quantitative estimate of drug-likeness (QED) is 0.548. The molecule has 3 rings (SSSR count). The van der Waals surface area contributed by atoms with E-state index in [0.717, 1.165) is 12.1 Å². The van der Waals surface area contributed by atoms with Crippen LogP contribution in [0, 0.1) is 20.8 Å². The summed E-state index contributed by atoms with van der Waals surface area (Å²) >= 11 is 0. The van der Waals surface area contributed by atoms with Crippen molar-refractivity contribution in [2.24, 2.45) is 4.99 Å². The summed E-state index contributed by atoms with van der Waals surface area (Å²) in [6.07, 6.45) is 3.00. The first-order valence-electron chi connectivity index (χ1n) is 8.48. The summed E-state index contributed by atoms with van der Waals surface area (Å²) in [4.78, 5) is 4.65. The molecule has 3 aromatic rings. The summed E-state index contributed by atoms with van der Waals surface area (Å²) < 4.78 is 2.33. The highest BCUT2D eigenvalue weighted by Crippen LogP contribution is 2.23. The molecule has 2 nitrogen and oxygen atoms in total. The fourth-order valence-electron chi connectivity index (χ4n) is 3.17. The average molecular weight is 316 g/mol. The van der Waals surface area contributed by atoms with E-state index in [2.05, 4.69) is 79.7 Å². The predicted octanol–water partition coefficient (Wildman–Crippen LogP) is 5.72. The summed E-state index contributed by atoms with van der Waals surface area (Å²) in [6.45, 7) is 8.61. The number of rotatable bonds is 4. The van der Waals surface area contributed by atoms with Gasteiger partial charge in [0, 0.05) is 28.9 Å². The van der Waals surface area contributed by atoms with Crippen LogP contribution in [0.1, 0.15) is 35.0 Å². The molecule has 0 unspecified atom stereocenters. The summed E-state index contributed by atoms with van der Waals surface area (Å²) in [5.41, 5.74) is 8.48. The van der Waals surface area contributed by atoms with Crippen molar-refractivity contribution in [3.8, 4) is 5.69 Å². The molecule has 0 N–H and O–H groups in total. The first-order chi connectivity index (χ1) is 11.6. The van der Waals surface area contributed by atoms with Crippen molar-refractivity contribution < 1.29 is 0 Å². The fourth-order valence-corrected chi connectivity index (χ4v) is 3.17. The highest BCUT2D eigenvalue weighted by atomic mass is 15.0. The minimum Gasteiger partial charge on any atom is -0.318 e. The largest absolute Gasteiger partial charge is 0.318 e. The molecule has 0 fully saturated rings. The van der Waals surface area contributed by atoms with Crippen molar-refractivity contribution in [1.82, 2.24) is 4.57 Å². The predicted molar refractivity (Wildman–Crippen MR) is 103 cm³/mol. The topological polar surface area (TPSA) is 17.3 Å². The van der Waals surface area contributed by atoms with Gasteiger partial charge in [-0.15, -0.1) is 0 Å². The second-order valence-corrected chi connectivity index (χ2v) is 6.24. The number of nitrogens with zero attached hydrogens (tertiary/aromatic N) is 2. The number of benzene rings is 2. The van der Waals surface area contributed by atoms with Gasteiger partial charge >= 0.3 is 0 Å². The maximum Gasteiger partial charge on any atom is 0.0632 e. The summed E-state index contributed by atoms with van der Waals surface area (Å²) in [5.74, 6) is 0. The molecule has 0 saturated heterocycles. The van der Waals surface area contributed by atoms with E-state index in [4.69, 9.17) is 0 Å². The lowest BCUT2D eigenvalue weighted by molar-refractivity contribution is 0.937. The van der Waals surface area contributed by atoms with Crippen LogP contribution in [-0.4, -0.2) is 10.8 Å². The van der Waals surface area contributed by atoms with Gasteiger partial charge in [0.05, 0.1) is 5.69 Å². The van der Waals surface area contributed by atoms with Gasteiger partial charge in [0.1, 0.15) is 0 Å². The first-order valence-corrected chi connectivity index (χ1v) is 8.48. The van der Waals surface area contributed by atoms with E-state index in [1.807, 2.05) is 18.3 Å². The molecule has 0 radical (unpaired) electrons. The van der Waals surface area contributed by atoms with Crippen LogP contribution in [0.25, 0.3) is 5.69 Å². The number of aromatic nitrogens is 1. The second-order valence-electron chi connectivity index (χ2n) is 6.24. The third-order valence-electron chi connectivity index (χ3n) is 4.44. The SMILES string of the molecule is CCc1ccccc1-n1c(C)cc(C=Nc2cccc(C)c2)c1C. The van der Waals surface area contributed by atoms with Crippen molar-refractivity contribution in [3.05, 3.63) is 82.7 Å². The molecule has 0 bridgehead atoms.